The summed E-state index contributed by atoms with van der Waals surface area (Å²) in [7, 11) is 0. The fourth-order valence-corrected chi connectivity index (χ4v) is 3.03. The van der Waals surface area contributed by atoms with Crippen molar-refractivity contribution in [2.45, 2.75) is 25.0 Å². The molecule has 1 heterocycles. The van der Waals surface area contributed by atoms with Gasteiger partial charge in [-0.2, -0.15) is 0 Å². The Morgan fingerprint density at radius 3 is 2.64 bits per heavy atom. The van der Waals surface area contributed by atoms with E-state index >= 15 is 0 Å². The van der Waals surface area contributed by atoms with Gasteiger partial charge in [0.2, 0.25) is 5.91 Å². The molecule has 5 nitrogen and oxygen atoms in total. The van der Waals surface area contributed by atoms with E-state index in [0.717, 1.165) is 16.3 Å². The van der Waals surface area contributed by atoms with E-state index in [0.29, 0.717) is 0 Å². The second-order valence-electron chi connectivity index (χ2n) is 5.60. The highest BCUT2D eigenvalue weighted by atomic mass is 16.4. The molecule has 2 aromatic carbocycles. The minimum absolute atomic E-state index is 0.0839. The monoisotopic (exact) mass is 299 g/mol. The molecule has 0 aromatic heterocycles. The topological polar surface area (TPSA) is 77.8 Å². The summed E-state index contributed by atoms with van der Waals surface area (Å²) >= 11 is 0. The highest BCUT2D eigenvalue weighted by Crippen LogP contribution is 2.23. The fraction of sp³-hybridized carbons (Fsp3) is 0.294. The van der Waals surface area contributed by atoms with Gasteiger partial charge in [0, 0.05) is 13.0 Å². The molecule has 114 valence electrons. The molecule has 0 spiro atoms. The summed E-state index contributed by atoms with van der Waals surface area (Å²) in [6, 6.07) is 12.6. The van der Waals surface area contributed by atoms with Gasteiger partial charge in [0.1, 0.15) is 6.04 Å². The lowest BCUT2D eigenvalue weighted by Crippen LogP contribution is -2.41. The molecular weight excluding hydrogens is 282 g/mol. The molecule has 1 amide bonds. The number of aliphatic hydroxyl groups is 1. The molecule has 2 atom stereocenters. The summed E-state index contributed by atoms with van der Waals surface area (Å²) < 4.78 is 0. The smallest absolute Gasteiger partial charge is 0.326 e. The average molecular weight is 299 g/mol. The molecule has 0 aliphatic carbocycles. The molecule has 0 radical (unpaired) electrons. The lowest BCUT2D eigenvalue weighted by molar-refractivity contribution is -0.147. The van der Waals surface area contributed by atoms with Crippen molar-refractivity contribution in [3.63, 3.8) is 0 Å². The van der Waals surface area contributed by atoms with Crippen LogP contribution >= 0.6 is 0 Å². The third-order valence-corrected chi connectivity index (χ3v) is 4.11. The number of nitrogens with zero attached hydrogens (tertiary/aromatic N) is 1. The molecule has 22 heavy (non-hydrogen) atoms. The Bertz CT molecular complexity index is 722. The standard InChI is InChI=1S/C17H17NO4/c19-13-9-15(17(21)22)18(10-13)16(20)8-12-6-3-5-11-4-1-2-7-14(11)12/h1-7,13,15,19H,8-10H2,(H,21,22). The van der Waals surface area contributed by atoms with Crippen LogP contribution in [0.25, 0.3) is 10.8 Å². The Morgan fingerprint density at radius 2 is 1.86 bits per heavy atom. The van der Waals surface area contributed by atoms with Crippen LogP contribution in [0, 0.1) is 0 Å². The zero-order valence-electron chi connectivity index (χ0n) is 12.0. The summed E-state index contributed by atoms with van der Waals surface area (Å²) in [6.45, 7) is 0.0839. The molecule has 0 bridgehead atoms. The lowest BCUT2D eigenvalue weighted by Gasteiger charge is -2.21. The van der Waals surface area contributed by atoms with Gasteiger partial charge >= 0.3 is 5.97 Å². The van der Waals surface area contributed by atoms with Crippen molar-refractivity contribution in [1.29, 1.82) is 0 Å². The van der Waals surface area contributed by atoms with Crippen molar-refractivity contribution in [2.24, 2.45) is 0 Å². The first-order valence-corrected chi connectivity index (χ1v) is 7.23. The number of likely N-dealkylation sites (tertiary alicyclic amines) is 1. The molecule has 1 aliphatic heterocycles. The van der Waals surface area contributed by atoms with Crippen molar-refractivity contribution in [3.8, 4) is 0 Å². The Labute approximate surface area is 127 Å². The minimum atomic E-state index is -1.07. The van der Waals surface area contributed by atoms with E-state index in [9.17, 15) is 19.8 Å². The molecule has 1 saturated heterocycles. The Hall–Kier alpha value is -2.40. The fourth-order valence-electron chi connectivity index (χ4n) is 3.03. The molecule has 0 saturated carbocycles. The first-order valence-electron chi connectivity index (χ1n) is 7.23. The van der Waals surface area contributed by atoms with E-state index < -0.39 is 18.1 Å². The van der Waals surface area contributed by atoms with Gasteiger partial charge in [0.15, 0.2) is 0 Å². The maximum Gasteiger partial charge on any atom is 0.326 e. The average Bonchev–Trinajstić information content (AvgIpc) is 2.90. The molecule has 2 N–H and O–H groups in total. The number of hydrogen-bond acceptors (Lipinski definition) is 3. The quantitative estimate of drug-likeness (QED) is 0.898. The third-order valence-electron chi connectivity index (χ3n) is 4.11. The molecular formula is C17H17NO4. The number of benzene rings is 2. The Kier molecular flexibility index (Phi) is 3.81. The normalized spacial score (nSPS) is 21.2. The van der Waals surface area contributed by atoms with Gasteiger partial charge in [-0.05, 0) is 16.3 Å². The molecule has 2 aromatic rings. The summed E-state index contributed by atoms with van der Waals surface area (Å²) in [5.41, 5.74) is 0.869. The predicted octanol–water partition coefficient (Wildman–Crippen LogP) is 1.43. The predicted molar refractivity (Wildman–Crippen MR) is 81.4 cm³/mol. The highest BCUT2D eigenvalue weighted by molar-refractivity contribution is 5.91. The SMILES string of the molecule is O=C(O)C1CC(O)CN1C(=O)Cc1cccc2ccccc12. The zero-order chi connectivity index (χ0) is 15.7. The van der Waals surface area contributed by atoms with Crippen LogP contribution in [-0.4, -0.2) is 45.7 Å². The number of aliphatic carboxylic acids is 1. The van der Waals surface area contributed by atoms with Crippen molar-refractivity contribution >= 4 is 22.6 Å². The molecule has 1 aliphatic rings. The number of β-amino-alcohol motifs (C(OH)–C–C–N with tert-alkyl or cyclic N) is 1. The van der Waals surface area contributed by atoms with Crippen molar-refractivity contribution < 1.29 is 19.8 Å². The van der Waals surface area contributed by atoms with E-state index in [-0.39, 0.29) is 25.3 Å². The summed E-state index contributed by atoms with van der Waals surface area (Å²) in [5.74, 6) is -1.33. The number of carbonyl (C=O) groups excluding carboxylic acids is 1. The largest absolute Gasteiger partial charge is 0.480 e. The van der Waals surface area contributed by atoms with Crippen LogP contribution in [0.3, 0.4) is 0 Å². The molecule has 3 rings (SSSR count). The summed E-state index contributed by atoms with van der Waals surface area (Å²) in [5, 5.41) is 20.9. The van der Waals surface area contributed by atoms with Crippen LogP contribution in [0.5, 0.6) is 0 Å². The number of fused-ring (bicyclic) bond motifs is 1. The number of amides is 1. The number of carboxylic acid groups (broad SMARTS) is 1. The third kappa shape index (κ3) is 2.67. The van der Waals surface area contributed by atoms with E-state index in [1.54, 1.807) is 0 Å². The Balaban J connectivity index is 1.85. The van der Waals surface area contributed by atoms with Crippen molar-refractivity contribution in [1.82, 2.24) is 4.90 Å². The first kappa shape index (κ1) is 14.5. The van der Waals surface area contributed by atoms with Crippen LogP contribution in [0.1, 0.15) is 12.0 Å². The van der Waals surface area contributed by atoms with Crippen molar-refractivity contribution in [3.05, 3.63) is 48.0 Å². The van der Waals surface area contributed by atoms with Crippen LogP contribution < -0.4 is 0 Å². The van der Waals surface area contributed by atoms with Crippen molar-refractivity contribution in [2.75, 3.05) is 6.54 Å². The lowest BCUT2D eigenvalue weighted by atomic mass is 10.0. The molecule has 2 unspecified atom stereocenters. The van der Waals surface area contributed by atoms with Gasteiger partial charge in [0.25, 0.3) is 0 Å². The number of rotatable bonds is 3. The van der Waals surface area contributed by atoms with Gasteiger partial charge in [-0.25, -0.2) is 4.79 Å². The number of hydrogen-bond donors (Lipinski definition) is 2. The van der Waals surface area contributed by atoms with E-state index in [4.69, 9.17) is 0 Å². The van der Waals surface area contributed by atoms with Crippen LogP contribution in [0.2, 0.25) is 0 Å². The van der Waals surface area contributed by atoms with E-state index in [1.165, 1.54) is 4.90 Å². The number of carboxylic acids is 1. The van der Waals surface area contributed by atoms with Gasteiger partial charge in [-0.15, -0.1) is 0 Å². The van der Waals surface area contributed by atoms with Crippen LogP contribution in [-0.2, 0) is 16.0 Å². The second kappa shape index (κ2) is 5.77. The van der Waals surface area contributed by atoms with Crippen LogP contribution in [0.4, 0.5) is 0 Å². The number of aliphatic hydroxyl groups excluding tert-OH is 1. The van der Waals surface area contributed by atoms with Gasteiger partial charge in [0.05, 0.1) is 12.5 Å². The van der Waals surface area contributed by atoms with Gasteiger partial charge in [-0.3, -0.25) is 4.79 Å². The zero-order valence-corrected chi connectivity index (χ0v) is 12.0. The minimum Gasteiger partial charge on any atom is -0.480 e. The van der Waals surface area contributed by atoms with E-state index in [2.05, 4.69) is 0 Å². The van der Waals surface area contributed by atoms with Gasteiger partial charge < -0.3 is 15.1 Å². The van der Waals surface area contributed by atoms with E-state index in [1.807, 2.05) is 42.5 Å². The summed E-state index contributed by atoms with van der Waals surface area (Å²) in [6.07, 6.45) is -0.536. The van der Waals surface area contributed by atoms with Crippen LogP contribution in [0.15, 0.2) is 42.5 Å². The number of carbonyl (C=O) groups is 2. The maximum absolute atomic E-state index is 12.5. The highest BCUT2D eigenvalue weighted by Gasteiger charge is 2.38. The summed E-state index contributed by atoms with van der Waals surface area (Å²) in [4.78, 5) is 25.0. The Morgan fingerprint density at radius 1 is 1.14 bits per heavy atom. The molecule has 5 heteroatoms. The second-order valence-corrected chi connectivity index (χ2v) is 5.60. The first-order chi connectivity index (χ1) is 10.6. The molecule has 1 fully saturated rings. The maximum atomic E-state index is 12.5. The van der Waals surface area contributed by atoms with Gasteiger partial charge in [-0.1, -0.05) is 42.5 Å².